The van der Waals surface area contributed by atoms with E-state index in [2.05, 4.69) is 26.9 Å². The fourth-order valence-electron chi connectivity index (χ4n) is 3.13. The van der Waals surface area contributed by atoms with Gasteiger partial charge in [-0.1, -0.05) is 30.3 Å². The lowest BCUT2D eigenvalue weighted by molar-refractivity contribution is -0.138. The second-order valence-electron chi connectivity index (χ2n) is 6.42. The Morgan fingerprint density at radius 3 is 2.56 bits per heavy atom. The van der Waals surface area contributed by atoms with Gasteiger partial charge in [0.05, 0.1) is 0 Å². The maximum Gasteiger partial charge on any atom is 0.320 e. The molecule has 0 aliphatic carbocycles. The van der Waals surface area contributed by atoms with Gasteiger partial charge in [-0.25, -0.2) is 4.98 Å². The summed E-state index contributed by atoms with van der Waals surface area (Å²) < 4.78 is 0. The highest BCUT2D eigenvalue weighted by molar-refractivity contribution is 5.73. The molecular formula is C19H24N4O2. The third kappa shape index (κ3) is 4.78. The molecule has 2 aromatic rings. The average molecular weight is 340 g/mol. The standard InChI is InChI=1S/C19H24N4O2/c20-17(19(24)25)13-15-4-3-5-16(12-15)14-22-8-10-23(11-9-22)18-6-1-2-7-21-18/h1-7,12,17H,8-11,13-14,20H2,(H,24,25). The van der Waals surface area contributed by atoms with Crippen molar-refractivity contribution in [3.8, 4) is 0 Å². The molecule has 2 heterocycles. The van der Waals surface area contributed by atoms with E-state index in [9.17, 15) is 4.79 Å². The molecule has 0 bridgehead atoms. The molecule has 3 N–H and O–H groups in total. The predicted molar refractivity (Wildman–Crippen MR) is 97.5 cm³/mol. The number of aromatic nitrogens is 1. The zero-order valence-electron chi connectivity index (χ0n) is 14.2. The van der Waals surface area contributed by atoms with Crippen LogP contribution < -0.4 is 10.6 Å². The van der Waals surface area contributed by atoms with Gasteiger partial charge >= 0.3 is 5.97 Å². The lowest BCUT2D eigenvalue weighted by atomic mass is 10.0. The van der Waals surface area contributed by atoms with Gasteiger partial charge in [-0.05, 0) is 29.7 Å². The summed E-state index contributed by atoms with van der Waals surface area (Å²) in [5, 5.41) is 8.95. The topological polar surface area (TPSA) is 82.7 Å². The van der Waals surface area contributed by atoms with Gasteiger partial charge in [-0.2, -0.15) is 0 Å². The molecule has 132 valence electrons. The molecule has 1 aliphatic rings. The van der Waals surface area contributed by atoms with Crippen molar-refractivity contribution in [1.29, 1.82) is 0 Å². The summed E-state index contributed by atoms with van der Waals surface area (Å²) >= 11 is 0. The minimum atomic E-state index is -0.962. The Labute approximate surface area is 147 Å². The van der Waals surface area contributed by atoms with E-state index in [4.69, 9.17) is 10.8 Å². The fraction of sp³-hybridized carbons (Fsp3) is 0.368. The summed E-state index contributed by atoms with van der Waals surface area (Å²) in [4.78, 5) is 20.0. The van der Waals surface area contributed by atoms with Crippen LogP contribution in [0.25, 0.3) is 0 Å². The van der Waals surface area contributed by atoms with Crippen LogP contribution in [0.1, 0.15) is 11.1 Å². The molecule has 1 fully saturated rings. The van der Waals surface area contributed by atoms with E-state index in [0.717, 1.165) is 44.1 Å². The Morgan fingerprint density at radius 2 is 1.88 bits per heavy atom. The summed E-state index contributed by atoms with van der Waals surface area (Å²) in [5.41, 5.74) is 7.80. The van der Waals surface area contributed by atoms with E-state index in [-0.39, 0.29) is 0 Å². The summed E-state index contributed by atoms with van der Waals surface area (Å²) in [6, 6.07) is 13.2. The number of carboxylic acids is 1. The van der Waals surface area contributed by atoms with Crippen molar-refractivity contribution < 1.29 is 9.90 Å². The number of pyridine rings is 1. The number of nitrogens with two attached hydrogens (primary N) is 1. The number of carboxylic acid groups (broad SMARTS) is 1. The van der Waals surface area contributed by atoms with Crippen LogP contribution >= 0.6 is 0 Å². The van der Waals surface area contributed by atoms with Crippen LogP contribution in [0.5, 0.6) is 0 Å². The number of anilines is 1. The first-order valence-corrected chi connectivity index (χ1v) is 8.56. The first-order chi connectivity index (χ1) is 12.1. The highest BCUT2D eigenvalue weighted by Gasteiger charge is 2.18. The second kappa shape index (κ2) is 8.09. The normalized spacial score (nSPS) is 16.6. The Bertz CT molecular complexity index is 700. The molecule has 0 amide bonds. The van der Waals surface area contributed by atoms with Crippen molar-refractivity contribution in [3.63, 3.8) is 0 Å². The molecule has 1 aliphatic heterocycles. The highest BCUT2D eigenvalue weighted by atomic mass is 16.4. The number of carbonyl (C=O) groups is 1. The zero-order chi connectivity index (χ0) is 17.6. The van der Waals surface area contributed by atoms with E-state index in [1.54, 1.807) is 0 Å². The smallest absolute Gasteiger partial charge is 0.320 e. The van der Waals surface area contributed by atoms with Crippen LogP contribution in [0.4, 0.5) is 5.82 Å². The molecule has 0 spiro atoms. The number of nitrogens with zero attached hydrogens (tertiary/aromatic N) is 3. The largest absolute Gasteiger partial charge is 0.480 e. The van der Waals surface area contributed by atoms with Crippen LogP contribution in [-0.2, 0) is 17.8 Å². The van der Waals surface area contributed by atoms with Crippen molar-refractivity contribution in [2.45, 2.75) is 19.0 Å². The maximum absolute atomic E-state index is 10.9. The van der Waals surface area contributed by atoms with Gasteiger partial charge in [0, 0.05) is 38.9 Å². The van der Waals surface area contributed by atoms with Crippen LogP contribution in [0, 0.1) is 0 Å². The molecule has 0 radical (unpaired) electrons. The number of piperazine rings is 1. The van der Waals surface area contributed by atoms with Crippen molar-refractivity contribution in [2.24, 2.45) is 5.73 Å². The molecule has 6 heteroatoms. The highest BCUT2D eigenvalue weighted by Crippen LogP contribution is 2.15. The molecule has 0 saturated carbocycles. The van der Waals surface area contributed by atoms with Gasteiger partial charge in [-0.3, -0.25) is 9.69 Å². The minimum Gasteiger partial charge on any atom is -0.480 e. The lowest BCUT2D eigenvalue weighted by Crippen LogP contribution is -2.46. The Balaban J connectivity index is 1.54. The SMILES string of the molecule is NC(Cc1cccc(CN2CCN(c3ccccn3)CC2)c1)C(=O)O. The molecular weight excluding hydrogens is 316 g/mol. The van der Waals surface area contributed by atoms with E-state index >= 15 is 0 Å². The van der Waals surface area contributed by atoms with Gasteiger partial charge in [-0.15, -0.1) is 0 Å². The molecule has 3 rings (SSSR count). The van der Waals surface area contributed by atoms with Gasteiger partial charge in [0.1, 0.15) is 11.9 Å². The van der Waals surface area contributed by atoms with Crippen LogP contribution in [-0.4, -0.2) is 53.2 Å². The van der Waals surface area contributed by atoms with Crippen molar-refractivity contribution >= 4 is 11.8 Å². The third-order valence-electron chi connectivity index (χ3n) is 4.52. The van der Waals surface area contributed by atoms with Gasteiger partial charge < -0.3 is 15.7 Å². The summed E-state index contributed by atoms with van der Waals surface area (Å²) in [5.74, 6) is 0.0721. The molecule has 1 atom stereocenters. The third-order valence-corrected chi connectivity index (χ3v) is 4.52. The van der Waals surface area contributed by atoms with E-state index in [1.807, 2.05) is 36.5 Å². The molecule has 1 saturated heterocycles. The number of rotatable bonds is 6. The predicted octanol–water partition coefficient (Wildman–Crippen LogP) is 1.36. The quantitative estimate of drug-likeness (QED) is 0.826. The number of aliphatic carboxylic acids is 1. The molecule has 1 aromatic carbocycles. The summed E-state index contributed by atoms with van der Waals surface area (Å²) in [6.07, 6.45) is 2.19. The van der Waals surface area contributed by atoms with Crippen LogP contribution in [0.2, 0.25) is 0 Å². The molecule has 1 aromatic heterocycles. The second-order valence-corrected chi connectivity index (χ2v) is 6.42. The molecule has 6 nitrogen and oxygen atoms in total. The van der Waals surface area contributed by atoms with Crippen molar-refractivity contribution in [2.75, 3.05) is 31.1 Å². The van der Waals surface area contributed by atoms with E-state index in [1.165, 1.54) is 5.56 Å². The van der Waals surface area contributed by atoms with Gasteiger partial charge in [0.2, 0.25) is 0 Å². The molecule has 1 unspecified atom stereocenters. The molecule has 25 heavy (non-hydrogen) atoms. The maximum atomic E-state index is 10.9. The lowest BCUT2D eigenvalue weighted by Gasteiger charge is -2.35. The number of hydrogen-bond donors (Lipinski definition) is 2. The van der Waals surface area contributed by atoms with Crippen molar-refractivity contribution in [1.82, 2.24) is 9.88 Å². The van der Waals surface area contributed by atoms with Crippen molar-refractivity contribution in [3.05, 3.63) is 59.8 Å². The van der Waals surface area contributed by atoms with E-state index in [0.29, 0.717) is 6.42 Å². The fourth-order valence-corrected chi connectivity index (χ4v) is 3.13. The number of benzene rings is 1. The first kappa shape index (κ1) is 17.4. The summed E-state index contributed by atoms with van der Waals surface area (Å²) in [7, 11) is 0. The minimum absolute atomic E-state index is 0.358. The summed E-state index contributed by atoms with van der Waals surface area (Å²) in [6.45, 7) is 4.75. The average Bonchev–Trinajstić information content (AvgIpc) is 2.63. The van der Waals surface area contributed by atoms with Gasteiger partial charge in [0.15, 0.2) is 0 Å². The number of hydrogen-bond acceptors (Lipinski definition) is 5. The van der Waals surface area contributed by atoms with E-state index < -0.39 is 12.0 Å². The first-order valence-electron chi connectivity index (χ1n) is 8.56. The Morgan fingerprint density at radius 1 is 1.12 bits per heavy atom. The van der Waals surface area contributed by atoms with Crippen LogP contribution in [0.3, 0.4) is 0 Å². The monoisotopic (exact) mass is 340 g/mol. The van der Waals surface area contributed by atoms with Crippen LogP contribution in [0.15, 0.2) is 48.7 Å². The van der Waals surface area contributed by atoms with Gasteiger partial charge in [0.25, 0.3) is 0 Å². The zero-order valence-corrected chi connectivity index (χ0v) is 14.2. The Hall–Kier alpha value is -2.44. The Kier molecular flexibility index (Phi) is 5.63.